The first-order chi connectivity index (χ1) is 12.0. The molecular weight excluding hydrogens is 390 g/mol. The molecular formula is C18H16BrNO5. The number of amides is 1. The lowest BCUT2D eigenvalue weighted by Crippen LogP contribution is -2.30. The molecule has 3 rings (SSSR count). The van der Waals surface area contributed by atoms with Gasteiger partial charge in [0.25, 0.3) is 5.91 Å². The van der Waals surface area contributed by atoms with E-state index < -0.39 is 18.0 Å². The van der Waals surface area contributed by atoms with Crippen LogP contribution in [0.3, 0.4) is 0 Å². The van der Waals surface area contributed by atoms with E-state index in [4.69, 9.17) is 14.2 Å². The Hall–Kier alpha value is -2.54. The maximum absolute atomic E-state index is 12.2. The molecule has 0 bridgehead atoms. The van der Waals surface area contributed by atoms with Gasteiger partial charge < -0.3 is 19.5 Å². The van der Waals surface area contributed by atoms with Crippen molar-refractivity contribution >= 4 is 33.5 Å². The Morgan fingerprint density at radius 1 is 1.12 bits per heavy atom. The zero-order chi connectivity index (χ0) is 17.8. The Morgan fingerprint density at radius 3 is 2.64 bits per heavy atom. The van der Waals surface area contributed by atoms with Gasteiger partial charge in [-0.3, -0.25) is 4.79 Å². The molecule has 0 spiro atoms. The Balaban J connectivity index is 1.62. The molecule has 0 aromatic heterocycles. The molecule has 2 aromatic carbocycles. The molecule has 7 heteroatoms. The van der Waals surface area contributed by atoms with Crippen LogP contribution < -0.4 is 14.8 Å². The fourth-order valence-electron chi connectivity index (χ4n) is 2.26. The summed E-state index contributed by atoms with van der Waals surface area (Å²) in [4.78, 5) is 24.3. The summed E-state index contributed by atoms with van der Waals surface area (Å²) in [6.07, 6.45) is -0.945. The van der Waals surface area contributed by atoms with E-state index in [1.54, 1.807) is 42.5 Å². The zero-order valence-corrected chi connectivity index (χ0v) is 15.0. The quantitative estimate of drug-likeness (QED) is 0.788. The minimum Gasteiger partial charge on any atom is -0.486 e. The van der Waals surface area contributed by atoms with Gasteiger partial charge in [0.05, 0.1) is 5.56 Å². The number of halogens is 1. The molecule has 1 unspecified atom stereocenters. The number of nitrogens with one attached hydrogen (secondary N) is 1. The Labute approximate surface area is 153 Å². The summed E-state index contributed by atoms with van der Waals surface area (Å²) in [7, 11) is 0. The van der Waals surface area contributed by atoms with E-state index in [1.165, 1.54) is 6.92 Å². The molecule has 0 aliphatic carbocycles. The van der Waals surface area contributed by atoms with Gasteiger partial charge in [-0.15, -0.1) is 0 Å². The maximum Gasteiger partial charge on any atom is 0.338 e. The highest BCUT2D eigenvalue weighted by Gasteiger charge is 2.20. The first kappa shape index (κ1) is 17.3. The van der Waals surface area contributed by atoms with Gasteiger partial charge in [0, 0.05) is 16.2 Å². The zero-order valence-electron chi connectivity index (χ0n) is 13.5. The number of rotatable bonds is 4. The Morgan fingerprint density at radius 2 is 1.88 bits per heavy atom. The monoisotopic (exact) mass is 405 g/mol. The first-order valence-corrected chi connectivity index (χ1v) is 8.49. The Kier molecular flexibility index (Phi) is 5.23. The van der Waals surface area contributed by atoms with Crippen molar-refractivity contribution in [2.24, 2.45) is 0 Å². The van der Waals surface area contributed by atoms with E-state index in [9.17, 15) is 9.59 Å². The van der Waals surface area contributed by atoms with Crippen LogP contribution in [0.25, 0.3) is 0 Å². The summed E-state index contributed by atoms with van der Waals surface area (Å²) in [5.74, 6) is 0.215. The molecule has 6 nitrogen and oxygen atoms in total. The van der Waals surface area contributed by atoms with Crippen LogP contribution in [0.1, 0.15) is 17.3 Å². The fourth-order valence-corrected chi connectivity index (χ4v) is 2.66. The SMILES string of the molecule is CC(OC(=O)c1cccc(Br)c1)C(=O)Nc1ccc2c(c1)OCCO2. The van der Waals surface area contributed by atoms with Crippen molar-refractivity contribution in [1.82, 2.24) is 0 Å². The number of hydrogen-bond acceptors (Lipinski definition) is 5. The third-order valence-electron chi connectivity index (χ3n) is 3.52. The molecule has 0 saturated carbocycles. The normalized spacial score (nSPS) is 13.7. The topological polar surface area (TPSA) is 73.9 Å². The van der Waals surface area contributed by atoms with Crippen LogP contribution in [0.2, 0.25) is 0 Å². The highest BCUT2D eigenvalue weighted by atomic mass is 79.9. The van der Waals surface area contributed by atoms with Crippen molar-refractivity contribution in [1.29, 1.82) is 0 Å². The summed E-state index contributed by atoms with van der Waals surface area (Å²) in [6, 6.07) is 11.9. The second-order valence-corrected chi connectivity index (χ2v) is 6.32. The molecule has 0 fully saturated rings. The molecule has 1 heterocycles. The smallest absolute Gasteiger partial charge is 0.338 e. The summed E-state index contributed by atoms with van der Waals surface area (Å²) in [5, 5.41) is 2.70. The third kappa shape index (κ3) is 4.30. The van der Waals surface area contributed by atoms with Gasteiger partial charge in [0.2, 0.25) is 0 Å². The summed E-state index contributed by atoms with van der Waals surface area (Å²) >= 11 is 3.29. The lowest BCUT2D eigenvalue weighted by molar-refractivity contribution is -0.123. The van der Waals surface area contributed by atoms with Crippen LogP contribution in [0.4, 0.5) is 5.69 Å². The number of ether oxygens (including phenoxy) is 3. The van der Waals surface area contributed by atoms with Crippen molar-refractivity contribution in [3.63, 3.8) is 0 Å². The van der Waals surface area contributed by atoms with Gasteiger partial charge in [0.1, 0.15) is 13.2 Å². The standard InChI is InChI=1S/C18H16BrNO5/c1-11(25-18(22)12-3-2-4-13(19)9-12)17(21)20-14-5-6-15-16(10-14)24-8-7-23-15/h2-6,9-11H,7-8H2,1H3,(H,20,21). The van der Waals surface area contributed by atoms with E-state index >= 15 is 0 Å². The highest BCUT2D eigenvalue weighted by Crippen LogP contribution is 2.32. The molecule has 1 N–H and O–H groups in total. The minimum absolute atomic E-state index is 0.369. The highest BCUT2D eigenvalue weighted by molar-refractivity contribution is 9.10. The van der Waals surface area contributed by atoms with E-state index in [2.05, 4.69) is 21.2 Å². The summed E-state index contributed by atoms with van der Waals surface area (Å²) in [5.41, 5.74) is 0.910. The van der Waals surface area contributed by atoms with Gasteiger partial charge in [0.15, 0.2) is 17.6 Å². The van der Waals surface area contributed by atoms with Crippen molar-refractivity contribution < 1.29 is 23.8 Å². The van der Waals surface area contributed by atoms with Crippen LogP contribution in [-0.4, -0.2) is 31.2 Å². The molecule has 1 amide bonds. The van der Waals surface area contributed by atoms with Crippen LogP contribution in [-0.2, 0) is 9.53 Å². The van der Waals surface area contributed by atoms with Gasteiger partial charge in [-0.1, -0.05) is 22.0 Å². The van der Waals surface area contributed by atoms with Crippen LogP contribution >= 0.6 is 15.9 Å². The number of esters is 1. The second-order valence-electron chi connectivity index (χ2n) is 5.41. The van der Waals surface area contributed by atoms with E-state index in [0.717, 1.165) is 4.47 Å². The molecule has 1 aliphatic heterocycles. The molecule has 1 aliphatic rings. The van der Waals surface area contributed by atoms with Gasteiger partial charge in [-0.2, -0.15) is 0 Å². The number of fused-ring (bicyclic) bond motifs is 1. The van der Waals surface area contributed by atoms with E-state index in [-0.39, 0.29) is 0 Å². The Bertz CT molecular complexity index is 808. The maximum atomic E-state index is 12.2. The van der Waals surface area contributed by atoms with E-state index in [0.29, 0.717) is 36.0 Å². The molecule has 0 saturated heterocycles. The molecule has 130 valence electrons. The fraction of sp³-hybridized carbons (Fsp3) is 0.222. The van der Waals surface area contributed by atoms with Crippen LogP contribution in [0.15, 0.2) is 46.9 Å². The van der Waals surface area contributed by atoms with Crippen molar-refractivity contribution in [3.05, 3.63) is 52.5 Å². The molecule has 0 radical (unpaired) electrons. The predicted molar refractivity (Wildman–Crippen MR) is 95.1 cm³/mol. The minimum atomic E-state index is -0.945. The number of anilines is 1. The van der Waals surface area contributed by atoms with Crippen molar-refractivity contribution in [2.45, 2.75) is 13.0 Å². The van der Waals surface area contributed by atoms with Crippen molar-refractivity contribution in [3.8, 4) is 11.5 Å². The molecule has 25 heavy (non-hydrogen) atoms. The van der Waals surface area contributed by atoms with Crippen LogP contribution in [0, 0.1) is 0 Å². The average molecular weight is 406 g/mol. The predicted octanol–water partition coefficient (Wildman–Crippen LogP) is 3.40. The van der Waals surface area contributed by atoms with E-state index in [1.807, 2.05) is 0 Å². The number of benzene rings is 2. The summed E-state index contributed by atoms with van der Waals surface area (Å²) < 4.78 is 16.9. The number of carbonyl (C=O) groups excluding carboxylic acids is 2. The van der Waals surface area contributed by atoms with Gasteiger partial charge in [-0.05, 0) is 37.3 Å². The van der Waals surface area contributed by atoms with Crippen LogP contribution in [0.5, 0.6) is 11.5 Å². The first-order valence-electron chi connectivity index (χ1n) is 7.70. The number of hydrogen-bond donors (Lipinski definition) is 1. The second kappa shape index (κ2) is 7.57. The number of carbonyl (C=O) groups is 2. The largest absolute Gasteiger partial charge is 0.486 e. The lowest BCUT2D eigenvalue weighted by atomic mass is 10.2. The van der Waals surface area contributed by atoms with Gasteiger partial charge >= 0.3 is 5.97 Å². The summed E-state index contributed by atoms with van der Waals surface area (Å²) in [6.45, 7) is 2.48. The van der Waals surface area contributed by atoms with Crippen molar-refractivity contribution in [2.75, 3.05) is 18.5 Å². The lowest BCUT2D eigenvalue weighted by Gasteiger charge is -2.19. The van der Waals surface area contributed by atoms with Gasteiger partial charge in [-0.25, -0.2) is 4.79 Å². The third-order valence-corrected chi connectivity index (χ3v) is 4.02. The molecule has 1 atom stereocenters. The molecule has 2 aromatic rings. The average Bonchev–Trinajstić information content (AvgIpc) is 2.61.